The standard InChI is InChI=1S/C19H14F3NO2/c1-3-25-19(24)11-7-8-15-12(9-11)16(18(22)10(2)23-15)17-13(20)5-4-6-14(17)21/h4-9H,3H2,1-2H3. The Balaban J connectivity index is 2.38. The van der Waals surface area contributed by atoms with Crippen LogP contribution in [-0.4, -0.2) is 17.6 Å². The quantitative estimate of drug-likeness (QED) is 0.640. The average Bonchev–Trinajstić information content (AvgIpc) is 2.57. The van der Waals surface area contributed by atoms with Gasteiger partial charge in [-0.15, -0.1) is 0 Å². The molecular formula is C19H14F3NO2. The number of fused-ring (bicyclic) bond motifs is 1. The molecule has 0 spiro atoms. The molecule has 1 heterocycles. The van der Waals surface area contributed by atoms with E-state index < -0.39 is 29.0 Å². The Labute approximate surface area is 142 Å². The lowest BCUT2D eigenvalue weighted by molar-refractivity contribution is 0.0526. The van der Waals surface area contributed by atoms with Crippen LogP contribution >= 0.6 is 0 Å². The molecule has 0 amide bonds. The maximum Gasteiger partial charge on any atom is 0.338 e. The predicted octanol–water partition coefficient (Wildman–Crippen LogP) is 4.80. The highest BCUT2D eigenvalue weighted by molar-refractivity contribution is 6.00. The van der Waals surface area contributed by atoms with Crippen molar-refractivity contribution in [3.05, 3.63) is 65.1 Å². The SMILES string of the molecule is CCOC(=O)c1ccc2nc(C)c(F)c(-c3c(F)cccc3F)c2c1. The van der Waals surface area contributed by atoms with Crippen molar-refractivity contribution in [2.75, 3.05) is 6.61 Å². The summed E-state index contributed by atoms with van der Waals surface area (Å²) in [5.41, 5.74) is -0.267. The monoisotopic (exact) mass is 345 g/mol. The first kappa shape index (κ1) is 17.0. The van der Waals surface area contributed by atoms with Gasteiger partial charge in [-0.2, -0.15) is 0 Å². The zero-order valence-corrected chi connectivity index (χ0v) is 13.6. The maximum absolute atomic E-state index is 14.7. The fourth-order valence-electron chi connectivity index (χ4n) is 2.69. The Hall–Kier alpha value is -2.89. The molecule has 25 heavy (non-hydrogen) atoms. The summed E-state index contributed by atoms with van der Waals surface area (Å²) in [5.74, 6) is -3.23. The Bertz CT molecular complexity index is 966. The van der Waals surface area contributed by atoms with Gasteiger partial charge in [0.15, 0.2) is 5.82 Å². The number of aromatic nitrogens is 1. The second-order valence-electron chi connectivity index (χ2n) is 5.44. The molecule has 0 radical (unpaired) electrons. The smallest absolute Gasteiger partial charge is 0.338 e. The molecule has 6 heteroatoms. The predicted molar refractivity (Wildman–Crippen MR) is 87.7 cm³/mol. The number of carbonyl (C=O) groups is 1. The molecule has 0 bridgehead atoms. The molecule has 128 valence electrons. The summed E-state index contributed by atoms with van der Waals surface area (Å²) in [4.78, 5) is 16.0. The van der Waals surface area contributed by atoms with Crippen LogP contribution in [0.1, 0.15) is 23.0 Å². The number of hydrogen-bond donors (Lipinski definition) is 0. The second-order valence-corrected chi connectivity index (χ2v) is 5.44. The third-order valence-electron chi connectivity index (χ3n) is 3.82. The molecule has 3 rings (SSSR count). The van der Waals surface area contributed by atoms with Gasteiger partial charge in [0.05, 0.1) is 28.9 Å². The third kappa shape index (κ3) is 2.95. The minimum Gasteiger partial charge on any atom is -0.462 e. The van der Waals surface area contributed by atoms with E-state index in [9.17, 15) is 18.0 Å². The highest BCUT2D eigenvalue weighted by Gasteiger charge is 2.22. The molecule has 0 aliphatic heterocycles. The van der Waals surface area contributed by atoms with Crippen LogP contribution in [-0.2, 0) is 4.74 Å². The summed E-state index contributed by atoms with van der Waals surface area (Å²) in [6, 6.07) is 7.61. The van der Waals surface area contributed by atoms with E-state index >= 15 is 0 Å². The van der Waals surface area contributed by atoms with Gasteiger partial charge in [-0.25, -0.2) is 18.0 Å². The van der Waals surface area contributed by atoms with Crippen molar-refractivity contribution in [1.29, 1.82) is 0 Å². The summed E-state index contributed by atoms with van der Waals surface area (Å²) >= 11 is 0. The summed E-state index contributed by atoms with van der Waals surface area (Å²) in [7, 11) is 0. The number of halogens is 3. The van der Waals surface area contributed by atoms with Crippen molar-refractivity contribution < 1.29 is 22.7 Å². The lowest BCUT2D eigenvalue weighted by atomic mass is 9.97. The van der Waals surface area contributed by atoms with Crippen LogP contribution < -0.4 is 0 Å². The highest BCUT2D eigenvalue weighted by atomic mass is 19.1. The van der Waals surface area contributed by atoms with Gasteiger partial charge in [-0.3, -0.25) is 4.98 Å². The number of hydrogen-bond acceptors (Lipinski definition) is 3. The number of pyridine rings is 1. The van der Waals surface area contributed by atoms with E-state index in [1.807, 2.05) is 0 Å². The van der Waals surface area contributed by atoms with Crippen molar-refractivity contribution >= 4 is 16.9 Å². The molecule has 3 aromatic rings. The van der Waals surface area contributed by atoms with Gasteiger partial charge in [-0.1, -0.05) is 6.07 Å². The van der Waals surface area contributed by atoms with Gasteiger partial charge in [0.1, 0.15) is 11.6 Å². The number of nitrogens with zero attached hydrogens (tertiary/aromatic N) is 1. The van der Waals surface area contributed by atoms with Crippen LogP contribution in [0.25, 0.3) is 22.0 Å². The van der Waals surface area contributed by atoms with Crippen LogP contribution in [0.2, 0.25) is 0 Å². The molecule has 0 fully saturated rings. The van der Waals surface area contributed by atoms with Gasteiger partial charge in [0.2, 0.25) is 0 Å². The lowest BCUT2D eigenvalue weighted by Gasteiger charge is -2.13. The first-order chi connectivity index (χ1) is 11.9. The summed E-state index contributed by atoms with van der Waals surface area (Å²) in [6.45, 7) is 3.24. The molecule has 0 atom stereocenters. The van der Waals surface area contributed by atoms with Crippen LogP contribution in [0.3, 0.4) is 0 Å². The number of esters is 1. The molecule has 2 aromatic carbocycles. The van der Waals surface area contributed by atoms with Crippen molar-refractivity contribution in [3.63, 3.8) is 0 Å². The van der Waals surface area contributed by atoms with Gasteiger partial charge >= 0.3 is 5.97 Å². The third-order valence-corrected chi connectivity index (χ3v) is 3.82. The molecule has 0 aliphatic carbocycles. The summed E-state index contributed by atoms with van der Waals surface area (Å²) in [5, 5.41) is 0.137. The summed E-state index contributed by atoms with van der Waals surface area (Å²) < 4.78 is 48.1. The number of ether oxygens (including phenoxy) is 1. The normalized spacial score (nSPS) is 10.9. The molecule has 0 saturated heterocycles. The molecule has 1 aromatic heterocycles. The maximum atomic E-state index is 14.7. The number of benzene rings is 2. The highest BCUT2D eigenvalue weighted by Crippen LogP contribution is 2.35. The molecule has 0 saturated carbocycles. The Morgan fingerprint density at radius 2 is 1.76 bits per heavy atom. The largest absolute Gasteiger partial charge is 0.462 e. The van der Waals surface area contributed by atoms with E-state index in [1.165, 1.54) is 31.2 Å². The van der Waals surface area contributed by atoms with Gasteiger partial charge in [-0.05, 0) is 44.2 Å². The van der Waals surface area contributed by atoms with Gasteiger partial charge in [0, 0.05) is 10.9 Å². The first-order valence-corrected chi connectivity index (χ1v) is 7.65. The molecule has 0 N–H and O–H groups in total. The van der Waals surface area contributed by atoms with Crippen molar-refractivity contribution in [2.24, 2.45) is 0 Å². The number of aryl methyl sites for hydroxylation is 1. The molecule has 3 nitrogen and oxygen atoms in total. The van der Waals surface area contributed by atoms with Crippen molar-refractivity contribution in [1.82, 2.24) is 4.98 Å². The van der Waals surface area contributed by atoms with Crippen LogP contribution in [0.4, 0.5) is 13.2 Å². The molecule has 0 aliphatic rings. The average molecular weight is 345 g/mol. The molecule has 0 unspecified atom stereocenters. The zero-order valence-electron chi connectivity index (χ0n) is 13.6. The van der Waals surface area contributed by atoms with Crippen molar-refractivity contribution in [3.8, 4) is 11.1 Å². The van der Waals surface area contributed by atoms with Crippen LogP contribution in [0.15, 0.2) is 36.4 Å². The van der Waals surface area contributed by atoms with E-state index in [-0.39, 0.29) is 28.8 Å². The van der Waals surface area contributed by atoms with E-state index in [1.54, 1.807) is 6.92 Å². The summed E-state index contributed by atoms with van der Waals surface area (Å²) in [6.07, 6.45) is 0. The minimum atomic E-state index is -0.896. The Morgan fingerprint density at radius 3 is 2.40 bits per heavy atom. The van der Waals surface area contributed by atoms with E-state index in [4.69, 9.17) is 4.74 Å². The number of rotatable bonds is 3. The van der Waals surface area contributed by atoms with Crippen LogP contribution in [0.5, 0.6) is 0 Å². The van der Waals surface area contributed by atoms with E-state index in [0.29, 0.717) is 5.52 Å². The Morgan fingerprint density at radius 1 is 1.08 bits per heavy atom. The first-order valence-electron chi connectivity index (χ1n) is 7.65. The fourth-order valence-corrected chi connectivity index (χ4v) is 2.69. The fraction of sp³-hybridized carbons (Fsp3) is 0.158. The zero-order chi connectivity index (χ0) is 18.1. The van der Waals surface area contributed by atoms with E-state index in [0.717, 1.165) is 12.1 Å². The molecular weight excluding hydrogens is 331 g/mol. The minimum absolute atomic E-state index is 0.00837. The van der Waals surface area contributed by atoms with E-state index in [2.05, 4.69) is 4.98 Å². The number of carbonyl (C=O) groups excluding carboxylic acids is 1. The van der Waals surface area contributed by atoms with Gasteiger partial charge < -0.3 is 4.74 Å². The lowest BCUT2D eigenvalue weighted by Crippen LogP contribution is -2.05. The Kier molecular flexibility index (Phi) is 4.44. The van der Waals surface area contributed by atoms with Crippen LogP contribution in [0, 0.1) is 24.4 Å². The van der Waals surface area contributed by atoms with Gasteiger partial charge in [0.25, 0.3) is 0 Å². The van der Waals surface area contributed by atoms with Crippen molar-refractivity contribution in [2.45, 2.75) is 13.8 Å². The topological polar surface area (TPSA) is 39.2 Å². The second kappa shape index (κ2) is 6.55.